The Morgan fingerprint density at radius 1 is 0.875 bits per heavy atom. The summed E-state index contributed by atoms with van der Waals surface area (Å²) < 4.78 is 41.6. The minimum atomic E-state index is -1.29. The molecule has 0 bridgehead atoms. The monoisotopic (exact) mass is 659 g/mol. The maximum Gasteiger partial charge on any atom is 0.330 e. The Labute approximate surface area is 276 Å². The Hall–Kier alpha value is -4.81. The third kappa shape index (κ3) is 7.66. The number of benzene rings is 3. The molecule has 1 aromatic heterocycles. The van der Waals surface area contributed by atoms with Gasteiger partial charge in [-0.25, -0.2) is 4.79 Å². The average molecular weight is 660 g/mol. The highest BCUT2D eigenvalue weighted by molar-refractivity contribution is 5.49. The lowest BCUT2D eigenvalue weighted by Gasteiger charge is -2.37. The molecule has 2 N–H and O–H groups in total. The van der Waals surface area contributed by atoms with Gasteiger partial charge < -0.3 is 38.3 Å². The molecule has 13 nitrogen and oxygen atoms in total. The van der Waals surface area contributed by atoms with Crippen molar-refractivity contribution in [3.8, 4) is 17.6 Å². The summed E-state index contributed by atoms with van der Waals surface area (Å²) in [5, 5.41) is 20.2. The molecule has 13 heteroatoms. The molecule has 0 amide bonds. The van der Waals surface area contributed by atoms with E-state index in [0.29, 0.717) is 11.5 Å². The van der Waals surface area contributed by atoms with Crippen molar-refractivity contribution in [2.75, 3.05) is 41.0 Å². The van der Waals surface area contributed by atoms with Crippen LogP contribution in [0.3, 0.4) is 0 Å². The summed E-state index contributed by atoms with van der Waals surface area (Å²) in [5.74, 6) is 1.33. The smallest absolute Gasteiger partial charge is 0.330 e. The summed E-state index contributed by atoms with van der Waals surface area (Å²) in [6, 6.07) is 27.8. The summed E-state index contributed by atoms with van der Waals surface area (Å²) in [5.41, 5.74) is -0.173. The van der Waals surface area contributed by atoms with Crippen LogP contribution in [0.5, 0.6) is 11.5 Å². The standard InChI is InChI=1S/C35H37N3O10/c1-42-27-13-9-25(10-14-27)35(24-7-4-3-5-8-24,26-11-15-28(43-2)16-12-26)47-21-29-31(40)32(46-23-45-22-44-20-6-18-36)33(48-29)38-19-17-30(39)37-34(38)41/h3-5,7-17,19,29,31-33,40H,6,20-23H2,1-2H3,(H,37,39,41)/t29-,31+,32-,33-/m1/s1. The Morgan fingerprint density at radius 2 is 1.50 bits per heavy atom. The average Bonchev–Trinajstić information content (AvgIpc) is 3.43. The van der Waals surface area contributed by atoms with E-state index in [9.17, 15) is 14.7 Å². The number of nitrogens with zero attached hydrogens (tertiary/aromatic N) is 2. The second kappa shape index (κ2) is 16.3. The van der Waals surface area contributed by atoms with E-state index in [2.05, 4.69) is 4.98 Å². The predicted octanol–water partition coefficient (Wildman–Crippen LogP) is 3.07. The fourth-order valence-corrected chi connectivity index (χ4v) is 5.57. The zero-order chi connectivity index (χ0) is 33.9. The van der Waals surface area contributed by atoms with E-state index in [0.717, 1.165) is 21.3 Å². The van der Waals surface area contributed by atoms with Gasteiger partial charge in [0.05, 0.1) is 39.9 Å². The van der Waals surface area contributed by atoms with Crippen LogP contribution in [0, 0.1) is 11.3 Å². The van der Waals surface area contributed by atoms with Crippen LogP contribution < -0.4 is 20.7 Å². The van der Waals surface area contributed by atoms with Crippen molar-refractivity contribution in [1.29, 1.82) is 5.26 Å². The fraction of sp³-hybridized carbons (Fsp3) is 0.343. The molecule has 1 fully saturated rings. The van der Waals surface area contributed by atoms with Crippen LogP contribution in [0.4, 0.5) is 0 Å². The van der Waals surface area contributed by atoms with Crippen LogP contribution in [0.25, 0.3) is 0 Å². The molecule has 2 heterocycles. The molecule has 252 valence electrons. The number of nitrogens with one attached hydrogen (secondary N) is 1. The predicted molar refractivity (Wildman–Crippen MR) is 171 cm³/mol. The maximum atomic E-state index is 12.8. The highest BCUT2D eigenvalue weighted by Crippen LogP contribution is 2.43. The number of aliphatic hydroxyl groups excluding tert-OH is 1. The molecule has 0 radical (unpaired) electrons. The Bertz CT molecular complexity index is 1710. The van der Waals surface area contributed by atoms with Crippen LogP contribution >= 0.6 is 0 Å². The second-order valence-corrected chi connectivity index (χ2v) is 10.8. The summed E-state index contributed by atoms with van der Waals surface area (Å²) in [6.07, 6.45) is -3.06. The molecule has 0 unspecified atom stereocenters. The Kier molecular flexibility index (Phi) is 11.8. The molecule has 0 spiro atoms. The fourth-order valence-electron chi connectivity index (χ4n) is 5.57. The van der Waals surface area contributed by atoms with Gasteiger partial charge in [-0.05, 0) is 41.0 Å². The van der Waals surface area contributed by atoms with Gasteiger partial charge in [-0.3, -0.25) is 14.3 Å². The first-order valence-corrected chi connectivity index (χ1v) is 15.2. The van der Waals surface area contributed by atoms with Crippen LogP contribution in [0.15, 0.2) is 101 Å². The van der Waals surface area contributed by atoms with Gasteiger partial charge in [0.25, 0.3) is 5.56 Å². The van der Waals surface area contributed by atoms with Crippen molar-refractivity contribution < 1.29 is 38.3 Å². The Balaban J connectivity index is 1.48. The third-order valence-electron chi connectivity index (χ3n) is 7.94. The van der Waals surface area contributed by atoms with Gasteiger partial charge in [-0.1, -0.05) is 54.6 Å². The number of ether oxygens (including phenoxy) is 7. The number of H-pyrrole nitrogens is 1. The third-order valence-corrected chi connectivity index (χ3v) is 7.94. The number of hydrogen-bond donors (Lipinski definition) is 2. The summed E-state index contributed by atoms with van der Waals surface area (Å²) >= 11 is 0. The molecular formula is C35H37N3O10. The number of aromatic nitrogens is 2. The number of methoxy groups -OCH3 is 2. The van der Waals surface area contributed by atoms with Gasteiger partial charge in [-0.2, -0.15) is 5.26 Å². The van der Waals surface area contributed by atoms with E-state index in [1.807, 2.05) is 84.9 Å². The van der Waals surface area contributed by atoms with Gasteiger partial charge in [0.2, 0.25) is 0 Å². The van der Waals surface area contributed by atoms with E-state index in [1.54, 1.807) is 14.2 Å². The highest BCUT2D eigenvalue weighted by Gasteiger charge is 2.48. The largest absolute Gasteiger partial charge is 0.497 e. The maximum absolute atomic E-state index is 12.8. The summed E-state index contributed by atoms with van der Waals surface area (Å²) in [4.78, 5) is 26.8. The SMILES string of the molecule is COc1ccc(C(OC[C@H]2O[C@@H](n3ccc(=O)[nH]c3=O)[C@H](OCOCOCCC#N)[C@H]2O)(c2ccccc2)c2ccc(OC)cc2)cc1. The van der Waals surface area contributed by atoms with Crippen LogP contribution in [0.2, 0.25) is 0 Å². The van der Waals surface area contributed by atoms with Gasteiger partial charge in [0, 0.05) is 12.3 Å². The molecule has 3 aromatic carbocycles. The number of aromatic amines is 1. The minimum Gasteiger partial charge on any atom is -0.497 e. The van der Waals surface area contributed by atoms with Crippen molar-refractivity contribution in [3.63, 3.8) is 0 Å². The molecule has 0 saturated carbocycles. The van der Waals surface area contributed by atoms with E-state index in [4.69, 9.17) is 38.4 Å². The Morgan fingerprint density at radius 3 is 2.08 bits per heavy atom. The second-order valence-electron chi connectivity index (χ2n) is 10.8. The lowest BCUT2D eigenvalue weighted by molar-refractivity contribution is -0.175. The first-order chi connectivity index (χ1) is 23.4. The summed E-state index contributed by atoms with van der Waals surface area (Å²) in [7, 11) is 3.18. The molecule has 1 saturated heterocycles. The van der Waals surface area contributed by atoms with Crippen molar-refractivity contribution >= 4 is 0 Å². The van der Waals surface area contributed by atoms with Crippen molar-refractivity contribution in [2.45, 2.75) is 36.6 Å². The van der Waals surface area contributed by atoms with E-state index in [-0.39, 0.29) is 33.2 Å². The quantitative estimate of drug-likeness (QED) is 0.103. The van der Waals surface area contributed by atoms with Crippen molar-refractivity contribution in [1.82, 2.24) is 9.55 Å². The lowest BCUT2D eigenvalue weighted by Crippen LogP contribution is -2.41. The minimum absolute atomic E-state index is 0.148. The zero-order valence-electron chi connectivity index (χ0n) is 26.5. The first kappa shape index (κ1) is 34.5. The number of aliphatic hydroxyl groups is 1. The molecule has 48 heavy (non-hydrogen) atoms. The van der Waals surface area contributed by atoms with Gasteiger partial charge in [0.15, 0.2) is 6.23 Å². The normalized spacial score (nSPS) is 19.1. The van der Waals surface area contributed by atoms with Crippen molar-refractivity contribution in [2.24, 2.45) is 0 Å². The van der Waals surface area contributed by atoms with Crippen LogP contribution in [-0.2, 0) is 29.3 Å². The van der Waals surface area contributed by atoms with Crippen molar-refractivity contribution in [3.05, 3.63) is 129 Å². The van der Waals surface area contributed by atoms with Crippen LogP contribution in [0.1, 0.15) is 29.3 Å². The molecule has 5 rings (SSSR count). The van der Waals surface area contributed by atoms with Crippen LogP contribution in [-0.4, -0.2) is 74.0 Å². The van der Waals surface area contributed by atoms with E-state index >= 15 is 0 Å². The molecule has 0 aliphatic carbocycles. The number of nitriles is 1. The number of hydrogen-bond acceptors (Lipinski definition) is 11. The molecule has 4 atom stereocenters. The molecule has 1 aliphatic rings. The lowest BCUT2D eigenvalue weighted by atomic mass is 9.80. The van der Waals surface area contributed by atoms with Gasteiger partial charge in [0.1, 0.15) is 49.0 Å². The highest BCUT2D eigenvalue weighted by atomic mass is 16.7. The van der Waals surface area contributed by atoms with Gasteiger partial charge >= 0.3 is 5.69 Å². The molecule has 1 aliphatic heterocycles. The summed E-state index contributed by atoms with van der Waals surface area (Å²) in [6.45, 7) is -0.428. The first-order valence-electron chi connectivity index (χ1n) is 15.2. The van der Waals surface area contributed by atoms with E-state index in [1.165, 1.54) is 12.3 Å². The zero-order valence-corrected chi connectivity index (χ0v) is 26.5. The molecular weight excluding hydrogens is 622 g/mol. The van der Waals surface area contributed by atoms with E-state index < -0.39 is 41.4 Å². The molecule has 4 aromatic rings. The van der Waals surface area contributed by atoms with Gasteiger partial charge in [-0.15, -0.1) is 0 Å². The number of rotatable bonds is 16. The topological polar surface area (TPSA) is 163 Å².